The number of carbonyl (C=O) groups excluding carboxylic acids is 2. The van der Waals surface area contributed by atoms with Crippen LogP contribution >= 0.6 is 23.2 Å². The lowest BCUT2D eigenvalue weighted by Gasteiger charge is -2.34. The number of hydrogen-bond acceptors (Lipinski definition) is 4. The average Bonchev–Trinajstić information content (AvgIpc) is 2.93. The number of hydrogen-bond donors (Lipinski definition) is 1. The summed E-state index contributed by atoms with van der Waals surface area (Å²) in [6.45, 7) is 7.04. The van der Waals surface area contributed by atoms with Crippen molar-refractivity contribution >= 4 is 50.7 Å². The number of sulfonamides is 1. The summed E-state index contributed by atoms with van der Waals surface area (Å²) in [7, 11) is -4.11. The Morgan fingerprint density at radius 1 is 0.900 bits per heavy atom. The zero-order valence-corrected chi connectivity index (χ0v) is 25.4. The maximum absolute atomic E-state index is 14.1. The van der Waals surface area contributed by atoms with E-state index in [1.54, 1.807) is 54.6 Å². The summed E-state index contributed by atoms with van der Waals surface area (Å²) in [5, 5.41) is 3.64. The molecule has 0 aromatic heterocycles. The molecule has 3 aromatic rings. The molecule has 0 saturated heterocycles. The van der Waals surface area contributed by atoms with E-state index in [1.165, 1.54) is 17.0 Å². The molecule has 0 aliphatic rings. The van der Waals surface area contributed by atoms with Gasteiger partial charge in [-0.25, -0.2) is 8.42 Å². The first-order chi connectivity index (χ1) is 19.0. The maximum Gasteiger partial charge on any atom is 0.264 e. The van der Waals surface area contributed by atoms with E-state index in [-0.39, 0.29) is 23.4 Å². The zero-order chi connectivity index (χ0) is 29.4. The van der Waals surface area contributed by atoms with Gasteiger partial charge in [0.2, 0.25) is 11.8 Å². The maximum atomic E-state index is 14.1. The average molecular weight is 605 g/mol. The Morgan fingerprint density at radius 2 is 1.60 bits per heavy atom. The van der Waals surface area contributed by atoms with E-state index in [0.29, 0.717) is 27.7 Å². The summed E-state index contributed by atoms with van der Waals surface area (Å²) in [6.07, 6.45) is 1.05. The molecule has 40 heavy (non-hydrogen) atoms. The van der Waals surface area contributed by atoms with Gasteiger partial charge in [0.1, 0.15) is 12.6 Å². The van der Waals surface area contributed by atoms with E-state index >= 15 is 0 Å². The second-order valence-corrected chi connectivity index (χ2v) is 12.4. The number of rotatable bonds is 12. The Morgan fingerprint density at radius 3 is 2.20 bits per heavy atom. The number of nitrogens with one attached hydrogen (secondary N) is 1. The molecule has 10 heteroatoms. The van der Waals surface area contributed by atoms with Gasteiger partial charge in [-0.1, -0.05) is 73.4 Å². The van der Waals surface area contributed by atoms with Crippen LogP contribution in [0.15, 0.2) is 77.7 Å². The Kier molecular flexibility index (Phi) is 11.0. The predicted molar refractivity (Wildman–Crippen MR) is 161 cm³/mol. The monoisotopic (exact) mass is 603 g/mol. The van der Waals surface area contributed by atoms with Crippen LogP contribution in [0, 0.1) is 6.92 Å². The van der Waals surface area contributed by atoms with Crippen molar-refractivity contribution in [3.05, 3.63) is 94.0 Å². The Hall–Kier alpha value is -3.07. The fraction of sp³-hybridized carbons (Fsp3) is 0.333. The van der Waals surface area contributed by atoms with E-state index in [2.05, 4.69) is 5.32 Å². The van der Waals surface area contributed by atoms with Crippen LogP contribution in [0.3, 0.4) is 0 Å². The van der Waals surface area contributed by atoms with E-state index in [9.17, 15) is 18.0 Å². The van der Waals surface area contributed by atoms with E-state index in [4.69, 9.17) is 23.2 Å². The van der Waals surface area contributed by atoms with Gasteiger partial charge in [-0.3, -0.25) is 13.9 Å². The summed E-state index contributed by atoms with van der Waals surface area (Å²) >= 11 is 12.3. The molecule has 2 unspecified atom stereocenters. The third-order valence-electron chi connectivity index (χ3n) is 6.62. The van der Waals surface area contributed by atoms with Crippen molar-refractivity contribution < 1.29 is 18.0 Å². The van der Waals surface area contributed by atoms with Crippen molar-refractivity contribution in [3.63, 3.8) is 0 Å². The Balaban J connectivity index is 2.07. The number of anilines is 1. The van der Waals surface area contributed by atoms with Crippen molar-refractivity contribution in [3.8, 4) is 0 Å². The van der Waals surface area contributed by atoms with Crippen molar-refractivity contribution in [2.45, 2.75) is 64.1 Å². The van der Waals surface area contributed by atoms with Gasteiger partial charge < -0.3 is 10.2 Å². The Bertz CT molecular complexity index is 1430. The van der Waals surface area contributed by atoms with Crippen LogP contribution in [0.4, 0.5) is 5.69 Å². The van der Waals surface area contributed by atoms with Gasteiger partial charge in [-0.15, -0.1) is 0 Å². The van der Waals surface area contributed by atoms with Crippen LogP contribution < -0.4 is 9.62 Å². The first-order valence-corrected chi connectivity index (χ1v) is 15.4. The lowest BCUT2D eigenvalue weighted by molar-refractivity contribution is -0.140. The summed E-state index contributed by atoms with van der Waals surface area (Å²) in [6, 6.07) is 19.0. The van der Waals surface area contributed by atoms with Crippen LogP contribution in [0.1, 0.15) is 44.7 Å². The number of carbonyl (C=O) groups is 2. The van der Waals surface area contributed by atoms with Crippen LogP contribution in [0.25, 0.3) is 0 Å². The van der Waals surface area contributed by atoms with Crippen LogP contribution in [0.2, 0.25) is 10.0 Å². The Labute approximate surface area is 247 Å². The molecule has 3 aromatic carbocycles. The summed E-state index contributed by atoms with van der Waals surface area (Å²) in [5.74, 6) is -0.837. The summed E-state index contributed by atoms with van der Waals surface area (Å²) < 4.78 is 28.8. The highest BCUT2D eigenvalue weighted by molar-refractivity contribution is 7.92. The molecule has 7 nitrogen and oxygen atoms in total. The van der Waals surface area contributed by atoms with Gasteiger partial charge in [-0.2, -0.15) is 0 Å². The first kappa shape index (κ1) is 31.5. The lowest BCUT2D eigenvalue weighted by atomic mass is 10.1. The number of halogens is 2. The second kappa shape index (κ2) is 14.0. The molecule has 0 radical (unpaired) electrons. The molecule has 0 saturated carbocycles. The van der Waals surface area contributed by atoms with Gasteiger partial charge in [-0.05, 0) is 74.2 Å². The number of nitrogens with zero attached hydrogens (tertiary/aromatic N) is 2. The molecule has 3 rings (SSSR count). The van der Waals surface area contributed by atoms with Gasteiger partial charge in [0.05, 0.1) is 20.6 Å². The minimum absolute atomic E-state index is 0.0369. The minimum Gasteiger partial charge on any atom is -0.352 e. The number of amides is 2. The first-order valence-electron chi connectivity index (χ1n) is 13.2. The smallest absolute Gasteiger partial charge is 0.264 e. The van der Waals surface area contributed by atoms with E-state index in [0.717, 1.165) is 16.3 Å². The van der Waals surface area contributed by atoms with Crippen molar-refractivity contribution in [1.29, 1.82) is 0 Å². The number of aryl methyl sites for hydroxylation is 1. The molecule has 0 spiro atoms. The molecule has 0 aliphatic carbocycles. The topological polar surface area (TPSA) is 86.8 Å². The van der Waals surface area contributed by atoms with Gasteiger partial charge >= 0.3 is 0 Å². The highest BCUT2D eigenvalue weighted by atomic mass is 35.5. The molecular weight excluding hydrogens is 569 g/mol. The molecule has 0 heterocycles. The highest BCUT2D eigenvalue weighted by Crippen LogP contribution is 2.27. The SMILES string of the molecule is CCC(C)NC(=O)C(CC)N(Cc1ccc(Cl)c(Cl)c1)C(=O)CN(c1cccc(C)c1)S(=O)(=O)c1ccccc1. The highest BCUT2D eigenvalue weighted by Gasteiger charge is 2.34. The van der Waals surface area contributed by atoms with Crippen molar-refractivity contribution in [2.24, 2.45) is 0 Å². The molecular formula is C30H35Cl2N3O4S. The van der Waals surface area contributed by atoms with Gasteiger partial charge in [0, 0.05) is 12.6 Å². The summed E-state index contributed by atoms with van der Waals surface area (Å²) in [4.78, 5) is 28.9. The third kappa shape index (κ3) is 7.77. The molecule has 214 valence electrons. The second-order valence-electron chi connectivity index (χ2n) is 9.68. The van der Waals surface area contributed by atoms with Crippen molar-refractivity contribution in [2.75, 3.05) is 10.8 Å². The van der Waals surface area contributed by atoms with Crippen molar-refractivity contribution in [1.82, 2.24) is 10.2 Å². The predicted octanol–water partition coefficient (Wildman–Crippen LogP) is 6.22. The minimum atomic E-state index is -4.11. The standard InChI is InChI=1S/C30H35Cl2N3O4S/c1-5-22(4)33-30(37)28(6-2)34(19-23-15-16-26(31)27(32)18-23)29(36)20-35(24-12-10-11-21(3)17-24)40(38,39)25-13-8-7-9-14-25/h7-18,22,28H,5-6,19-20H2,1-4H3,(H,33,37). The fourth-order valence-corrected chi connectivity index (χ4v) is 5.97. The lowest BCUT2D eigenvalue weighted by Crippen LogP contribution is -2.53. The molecule has 0 fully saturated rings. The molecule has 2 amide bonds. The molecule has 0 bridgehead atoms. The molecule has 2 atom stereocenters. The molecule has 1 N–H and O–H groups in total. The van der Waals surface area contributed by atoms with Crippen LogP contribution in [-0.4, -0.2) is 43.8 Å². The van der Waals surface area contributed by atoms with Gasteiger partial charge in [0.15, 0.2) is 0 Å². The van der Waals surface area contributed by atoms with E-state index < -0.39 is 28.5 Å². The zero-order valence-electron chi connectivity index (χ0n) is 23.1. The van der Waals surface area contributed by atoms with E-state index in [1.807, 2.05) is 33.8 Å². The quantitative estimate of drug-likeness (QED) is 0.266. The van der Waals surface area contributed by atoms with Crippen LogP contribution in [-0.2, 0) is 26.2 Å². The normalized spacial score (nSPS) is 12.8. The fourth-order valence-electron chi connectivity index (χ4n) is 4.23. The number of benzene rings is 3. The molecule has 0 aliphatic heterocycles. The summed E-state index contributed by atoms with van der Waals surface area (Å²) in [5.41, 5.74) is 1.85. The van der Waals surface area contributed by atoms with Crippen LogP contribution in [0.5, 0.6) is 0 Å². The van der Waals surface area contributed by atoms with Gasteiger partial charge in [0.25, 0.3) is 10.0 Å². The largest absolute Gasteiger partial charge is 0.352 e. The third-order valence-corrected chi connectivity index (χ3v) is 9.15.